The van der Waals surface area contributed by atoms with Gasteiger partial charge in [0.25, 0.3) is 0 Å². The Morgan fingerprint density at radius 2 is 2.10 bits per heavy atom. The van der Waals surface area contributed by atoms with Crippen molar-refractivity contribution < 1.29 is 0 Å². The van der Waals surface area contributed by atoms with Crippen LogP contribution in [0.1, 0.15) is 36.8 Å². The molecule has 2 aromatic rings. The third-order valence-electron chi connectivity index (χ3n) is 3.96. The van der Waals surface area contributed by atoms with Gasteiger partial charge in [0, 0.05) is 28.7 Å². The van der Waals surface area contributed by atoms with Gasteiger partial charge in [0.05, 0.1) is 6.04 Å². The summed E-state index contributed by atoms with van der Waals surface area (Å²) in [5.41, 5.74) is 8.57. The molecule has 2 nitrogen and oxygen atoms in total. The SMILES string of the molecule is CCC(N)Cc1cc(Cl)ccc1N(C)C(C)c1cccs1. The Hall–Kier alpha value is -1.03. The van der Waals surface area contributed by atoms with Crippen molar-refractivity contribution in [2.24, 2.45) is 5.73 Å². The maximum Gasteiger partial charge on any atom is 0.0603 e. The average Bonchev–Trinajstić information content (AvgIpc) is 3.00. The van der Waals surface area contributed by atoms with E-state index in [4.69, 9.17) is 17.3 Å². The van der Waals surface area contributed by atoms with Crippen LogP contribution in [0.4, 0.5) is 5.69 Å². The van der Waals surface area contributed by atoms with Crippen LogP contribution < -0.4 is 10.6 Å². The molecule has 0 aliphatic carbocycles. The molecule has 0 fully saturated rings. The molecule has 0 saturated carbocycles. The molecular formula is C17H23ClN2S. The Morgan fingerprint density at radius 3 is 2.71 bits per heavy atom. The van der Waals surface area contributed by atoms with Crippen LogP contribution in [-0.4, -0.2) is 13.1 Å². The summed E-state index contributed by atoms with van der Waals surface area (Å²) in [6, 6.07) is 10.9. The molecule has 0 amide bonds. The monoisotopic (exact) mass is 322 g/mol. The number of anilines is 1. The summed E-state index contributed by atoms with van der Waals surface area (Å²) >= 11 is 7.96. The van der Waals surface area contributed by atoms with Crippen LogP contribution in [0.3, 0.4) is 0 Å². The summed E-state index contributed by atoms with van der Waals surface area (Å²) in [5, 5.41) is 2.89. The maximum absolute atomic E-state index is 6.17. The van der Waals surface area contributed by atoms with Crippen LogP contribution in [0.5, 0.6) is 0 Å². The van der Waals surface area contributed by atoms with Crippen molar-refractivity contribution in [3.8, 4) is 0 Å². The molecule has 4 heteroatoms. The largest absolute Gasteiger partial charge is 0.367 e. The lowest BCUT2D eigenvalue weighted by Gasteiger charge is -2.29. The van der Waals surface area contributed by atoms with Crippen LogP contribution in [0.2, 0.25) is 5.02 Å². The Morgan fingerprint density at radius 1 is 1.33 bits per heavy atom. The number of nitrogens with zero attached hydrogens (tertiary/aromatic N) is 1. The van der Waals surface area contributed by atoms with E-state index < -0.39 is 0 Å². The van der Waals surface area contributed by atoms with Crippen LogP contribution in [-0.2, 0) is 6.42 Å². The number of hydrogen-bond donors (Lipinski definition) is 1. The molecule has 2 unspecified atom stereocenters. The van der Waals surface area contributed by atoms with Crippen molar-refractivity contribution >= 4 is 28.6 Å². The van der Waals surface area contributed by atoms with Crippen LogP contribution in [0, 0.1) is 0 Å². The predicted molar refractivity (Wildman–Crippen MR) is 94.6 cm³/mol. The van der Waals surface area contributed by atoms with E-state index in [2.05, 4.69) is 49.4 Å². The average molecular weight is 323 g/mol. The van der Waals surface area contributed by atoms with Crippen LogP contribution in [0.25, 0.3) is 0 Å². The van der Waals surface area contributed by atoms with Gasteiger partial charge in [-0.2, -0.15) is 0 Å². The standard InChI is InChI=1S/C17H23ClN2S/c1-4-15(19)11-13-10-14(18)7-8-16(13)20(3)12(2)17-6-5-9-21-17/h5-10,12,15H,4,11,19H2,1-3H3. The van der Waals surface area contributed by atoms with E-state index in [1.165, 1.54) is 16.1 Å². The van der Waals surface area contributed by atoms with Crippen LogP contribution >= 0.6 is 22.9 Å². The Bertz CT molecular complexity index is 568. The third-order valence-corrected chi connectivity index (χ3v) is 5.24. The highest BCUT2D eigenvalue weighted by atomic mass is 35.5. The minimum Gasteiger partial charge on any atom is -0.367 e. The van der Waals surface area contributed by atoms with E-state index in [0.717, 1.165) is 17.9 Å². The van der Waals surface area contributed by atoms with Crippen molar-refractivity contribution in [3.05, 3.63) is 51.2 Å². The van der Waals surface area contributed by atoms with Gasteiger partial charge in [0.15, 0.2) is 0 Å². The second-order valence-corrected chi connectivity index (χ2v) is 6.86. The van der Waals surface area contributed by atoms with E-state index in [-0.39, 0.29) is 6.04 Å². The predicted octanol–water partition coefficient (Wildman–Crippen LogP) is 4.88. The van der Waals surface area contributed by atoms with Gasteiger partial charge >= 0.3 is 0 Å². The second kappa shape index (κ2) is 7.30. The first kappa shape index (κ1) is 16.3. The summed E-state index contributed by atoms with van der Waals surface area (Å²) in [4.78, 5) is 3.66. The Balaban J connectivity index is 2.29. The molecule has 21 heavy (non-hydrogen) atoms. The lowest BCUT2D eigenvalue weighted by atomic mass is 10.0. The normalized spacial score (nSPS) is 14.0. The lowest BCUT2D eigenvalue weighted by molar-refractivity contribution is 0.642. The molecule has 0 aliphatic heterocycles. The summed E-state index contributed by atoms with van der Waals surface area (Å²) < 4.78 is 0. The molecule has 114 valence electrons. The van der Waals surface area contributed by atoms with Crippen molar-refractivity contribution in [2.45, 2.75) is 38.8 Å². The molecule has 1 heterocycles. The number of benzene rings is 1. The number of nitrogens with two attached hydrogens (primary N) is 1. The van der Waals surface area contributed by atoms with Crippen molar-refractivity contribution in [2.75, 3.05) is 11.9 Å². The summed E-state index contributed by atoms with van der Waals surface area (Å²) in [7, 11) is 2.13. The molecule has 0 aliphatic rings. The zero-order chi connectivity index (χ0) is 15.4. The molecule has 0 saturated heterocycles. The maximum atomic E-state index is 6.17. The van der Waals surface area contributed by atoms with Gasteiger partial charge in [-0.15, -0.1) is 11.3 Å². The highest BCUT2D eigenvalue weighted by Gasteiger charge is 2.17. The van der Waals surface area contributed by atoms with Crippen LogP contribution in [0.15, 0.2) is 35.7 Å². The molecule has 1 aromatic heterocycles. The first-order valence-corrected chi connectivity index (χ1v) is 8.59. The second-order valence-electron chi connectivity index (χ2n) is 5.45. The highest BCUT2D eigenvalue weighted by molar-refractivity contribution is 7.10. The quantitative estimate of drug-likeness (QED) is 0.821. The molecule has 0 spiro atoms. The first-order chi connectivity index (χ1) is 10.0. The van der Waals surface area contributed by atoms with Gasteiger partial charge in [-0.3, -0.25) is 0 Å². The first-order valence-electron chi connectivity index (χ1n) is 7.33. The van der Waals surface area contributed by atoms with E-state index >= 15 is 0 Å². The zero-order valence-corrected chi connectivity index (χ0v) is 14.4. The topological polar surface area (TPSA) is 29.3 Å². The number of halogens is 1. The summed E-state index contributed by atoms with van der Waals surface area (Å²) in [6.45, 7) is 4.34. The number of hydrogen-bond acceptors (Lipinski definition) is 3. The van der Waals surface area contributed by atoms with Gasteiger partial charge in [-0.25, -0.2) is 0 Å². The third kappa shape index (κ3) is 4.00. The molecular weight excluding hydrogens is 300 g/mol. The van der Waals surface area contributed by atoms with E-state index in [1.807, 2.05) is 12.1 Å². The Labute approximate surface area is 136 Å². The fourth-order valence-electron chi connectivity index (χ4n) is 2.42. The molecule has 2 atom stereocenters. The molecule has 0 radical (unpaired) electrons. The number of thiophene rings is 1. The highest BCUT2D eigenvalue weighted by Crippen LogP contribution is 2.32. The Kier molecular flexibility index (Phi) is 5.68. The molecule has 2 rings (SSSR count). The van der Waals surface area contributed by atoms with E-state index in [0.29, 0.717) is 6.04 Å². The minimum atomic E-state index is 0.174. The zero-order valence-electron chi connectivity index (χ0n) is 12.8. The summed E-state index contributed by atoms with van der Waals surface area (Å²) in [6.07, 6.45) is 1.82. The number of rotatable bonds is 6. The molecule has 2 N–H and O–H groups in total. The van der Waals surface area contributed by atoms with Gasteiger partial charge in [0.1, 0.15) is 0 Å². The van der Waals surface area contributed by atoms with Gasteiger partial charge in [-0.1, -0.05) is 24.6 Å². The lowest BCUT2D eigenvalue weighted by Crippen LogP contribution is -2.26. The minimum absolute atomic E-state index is 0.174. The fraction of sp³-hybridized carbons (Fsp3) is 0.412. The van der Waals surface area contributed by atoms with E-state index in [1.54, 1.807) is 11.3 Å². The smallest absolute Gasteiger partial charge is 0.0603 e. The fourth-order valence-corrected chi connectivity index (χ4v) is 3.44. The molecule has 0 bridgehead atoms. The van der Waals surface area contributed by atoms with Crippen molar-refractivity contribution in [1.82, 2.24) is 0 Å². The molecule has 1 aromatic carbocycles. The van der Waals surface area contributed by atoms with E-state index in [9.17, 15) is 0 Å². The van der Waals surface area contributed by atoms with Crippen molar-refractivity contribution in [1.29, 1.82) is 0 Å². The summed E-state index contributed by atoms with van der Waals surface area (Å²) in [5.74, 6) is 0. The van der Waals surface area contributed by atoms with Crippen molar-refractivity contribution in [3.63, 3.8) is 0 Å². The van der Waals surface area contributed by atoms with Gasteiger partial charge in [-0.05, 0) is 55.0 Å². The van der Waals surface area contributed by atoms with Gasteiger partial charge < -0.3 is 10.6 Å². The van der Waals surface area contributed by atoms with Gasteiger partial charge in [0.2, 0.25) is 0 Å².